The van der Waals surface area contributed by atoms with E-state index in [4.69, 9.17) is 27.9 Å². The van der Waals surface area contributed by atoms with E-state index in [-0.39, 0.29) is 17.5 Å². The van der Waals surface area contributed by atoms with Gasteiger partial charge < -0.3 is 9.84 Å². The number of carboxylic acid groups (broad SMARTS) is 1. The molecule has 5 nitrogen and oxygen atoms in total. The zero-order chi connectivity index (χ0) is 22.1. The Morgan fingerprint density at radius 2 is 1.55 bits per heavy atom. The van der Waals surface area contributed by atoms with Crippen molar-refractivity contribution in [1.82, 2.24) is 0 Å². The lowest BCUT2D eigenvalue weighted by molar-refractivity contribution is -0.138. The van der Waals surface area contributed by atoms with Gasteiger partial charge in [0.2, 0.25) is 0 Å². The van der Waals surface area contributed by atoms with Crippen LogP contribution in [0.1, 0.15) is 24.0 Å². The van der Waals surface area contributed by atoms with Gasteiger partial charge in [-0.2, -0.15) is 0 Å². The van der Waals surface area contributed by atoms with Gasteiger partial charge in [0.05, 0.1) is 10.0 Å². The van der Waals surface area contributed by atoms with Crippen LogP contribution in [0.15, 0.2) is 66.7 Å². The number of hydrogen-bond acceptors (Lipinski definition) is 3. The van der Waals surface area contributed by atoms with Gasteiger partial charge in [-0.3, -0.25) is 4.90 Å². The molecule has 0 saturated heterocycles. The van der Waals surface area contributed by atoms with Crippen molar-refractivity contribution in [3.8, 4) is 11.1 Å². The molecule has 0 aromatic heterocycles. The molecule has 3 aromatic carbocycles. The highest BCUT2D eigenvalue weighted by Crippen LogP contribution is 2.44. The molecule has 158 valence electrons. The van der Waals surface area contributed by atoms with Crippen molar-refractivity contribution in [1.29, 1.82) is 0 Å². The molecule has 1 unspecified atom stereocenters. The number of halogens is 2. The summed E-state index contributed by atoms with van der Waals surface area (Å²) in [5.74, 6) is -1.30. The van der Waals surface area contributed by atoms with Crippen LogP contribution in [0.2, 0.25) is 10.0 Å². The Bertz CT molecular complexity index is 1120. The van der Waals surface area contributed by atoms with Crippen LogP contribution in [0.4, 0.5) is 10.5 Å². The van der Waals surface area contributed by atoms with E-state index < -0.39 is 18.1 Å². The molecule has 1 aliphatic carbocycles. The molecule has 3 aromatic rings. The second-order valence-corrected chi connectivity index (χ2v) is 8.10. The van der Waals surface area contributed by atoms with Gasteiger partial charge in [0.1, 0.15) is 12.6 Å². The Labute approximate surface area is 189 Å². The highest BCUT2D eigenvalue weighted by molar-refractivity contribution is 6.42. The van der Waals surface area contributed by atoms with E-state index in [2.05, 4.69) is 0 Å². The number of carbonyl (C=O) groups excluding carboxylic acids is 1. The summed E-state index contributed by atoms with van der Waals surface area (Å²) in [6.07, 6.45) is -0.768. The Morgan fingerprint density at radius 3 is 2.10 bits per heavy atom. The summed E-state index contributed by atoms with van der Waals surface area (Å²) in [5, 5.41) is 10.0. The minimum absolute atomic E-state index is 0.0804. The Balaban J connectivity index is 1.61. The smallest absolute Gasteiger partial charge is 0.415 e. The Hall–Kier alpha value is -3.02. The normalized spacial score (nSPS) is 13.3. The summed E-state index contributed by atoms with van der Waals surface area (Å²) < 4.78 is 5.65. The number of fused-ring (bicyclic) bond motifs is 3. The summed E-state index contributed by atoms with van der Waals surface area (Å²) in [5.41, 5.74) is 4.66. The third kappa shape index (κ3) is 3.99. The number of hydrogen-bond donors (Lipinski definition) is 1. The minimum atomic E-state index is -1.17. The number of benzene rings is 3. The molecular formula is C24H19Cl2NO4. The first-order valence-corrected chi connectivity index (χ1v) is 10.5. The average Bonchev–Trinajstić information content (AvgIpc) is 3.08. The summed E-state index contributed by atoms with van der Waals surface area (Å²) in [6, 6.07) is 19.3. The van der Waals surface area contributed by atoms with E-state index in [0.29, 0.717) is 10.7 Å². The van der Waals surface area contributed by atoms with Crippen LogP contribution in [0.25, 0.3) is 11.1 Å². The number of carbonyl (C=O) groups is 2. The Morgan fingerprint density at radius 1 is 0.968 bits per heavy atom. The highest BCUT2D eigenvalue weighted by Gasteiger charge is 2.32. The van der Waals surface area contributed by atoms with Crippen LogP contribution in [-0.2, 0) is 9.53 Å². The second-order valence-electron chi connectivity index (χ2n) is 7.29. The SMILES string of the molecule is CC(C(=O)O)N(C(=O)OCC1c2ccccc2-c2ccccc21)c1ccc(Cl)c(Cl)c1. The fourth-order valence-corrected chi connectivity index (χ4v) is 4.19. The maximum atomic E-state index is 13.0. The predicted molar refractivity (Wildman–Crippen MR) is 121 cm³/mol. The first-order chi connectivity index (χ1) is 14.9. The van der Waals surface area contributed by atoms with E-state index in [0.717, 1.165) is 27.2 Å². The molecule has 1 aliphatic rings. The maximum absolute atomic E-state index is 13.0. The number of amides is 1. The van der Waals surface area contributed by atoms with E-state index in [1.165, 1.54) is 25.1 Å². The van der Waals surface area contributed by atoms with Crippen molar-refractivity contribution in [3.63, 3.8) is 0 Å². The standard InChI is InChI=1S/C24H19Cl2NO4/c1-14(23(28)29)27(15-10-11-21(25)22(26)12-15)24(30)31-13-20-18-8-4-2-6-16(18)17-7-3-5-9-19(17)20/h2-12,14,20H,13H2,1H3,(H,28,29). The summed E-state index contributed by atoms with van der Waals surface area (Å²) in [6.45, 7) is 1.49. The van der Waals surface area contributed by atoms with Crippen molar-refractivity contribution < 1.29 is 19.4 Å². The van der Waals surface area contributed by atoms with Gasteiger partial charge in [-0.15, -0.1) is 0 Å². The molecule has 1 atom stereocenters. The molecule has 0 spiro atoms. The van der Waals surface area contributed by atoms with Crippen molar-refractivity contribution >= 4 is 41.0 Å². The molecule has 0 radical (unpaired) electrons. The third-order valence-corrected chi connectivity index (χ3v) is 6.20. The predicted octanol–water partition coefficient (Wildman–Crippen LogP) is 6.22. The highest BCUT2D eigenvalue weighted by atomic mass is 35.5. The van der Waals surface area contributed by atoms with Crippen LogP contribution in [0.5, 0.6) is 0 Å². The minimum Gasteiger partial charge on any atom is -0.480 e. The monoisotopic (exact) mass is 455 g/mol. The van der Waals surface area contributed by atoms with Crippen LogP contribution >= 0.6 is 23.2 Å². The molecule has 1 N–H and O–H groups in total. The van der Waals surface area contributed by atoms with E-state index in [9.17, 15) is 14.7 Å². The van der Waals surface area contributed by atoms with Gasteiger partial charge in [0.15, 0.2) is 0 Å². The van der Waals surface area contributed by atoms with E-state index >= 15 is 0 Å². The van der Waals surface area contributed by atoms with Gasteiger partial charge in [0.25, 0.3) is 0 Å². The number of anilines is 1. The van der Waals surface area contributed by atoms with Gasteiger partial charge in [-0.25, -0.2) is 9.59 Å². The van der Waals surface area contributed by atoms with Gasteiger partial charge in [-0.1, -0.05) is 71.7 Å². The average molecular weight is 456 g/mol. The molecule has 1 amide bonds. The molecule has 0 fully saturated rings. The number of nitrogens with zero attached hydrogens (tertiary/aromatic N) is 1. The molecule has 0 bridgehead atoms. The third-order valence-electron chi connectivity index (χ3n) is 5.46. The largest absolute Gasteiger partial charge is 0.480 e. The molecule has 0 saturated carbocycles. The fraction of sp³-hybridized carbons (Fsp3) is 0.167. The van der Waals surface area contributed by atoms with Crippen molar-refractivity contribution in [2.45, 2.75) is 18.9 Å². The molecule has 0 heterocycles. The summed E-state index contributed by atoms with van der Waals surface area (Å²) >= 11 is 12.0. The molecule has 7 heteroatoms. The number of aliphatic carboxylic acids is 1. The maximum Gasteiger partial charge on any atom is 0.415 e. The second kappa shape index (κ2) is 8.61. The summed E-state index contributed by atoms with van der Waals surface area (Å²) in [4.78, 5) is 25.7. The lowest BCUT2D eigenvalue weighted by atomic mass is 9.98. The zero-order valence-electron chi connectivity index (χ0n) is 16.6. The van der Waals surface area contributed by atoms with E-state index in [1.807, 2.05) is 48.5 Å². The van der Waals surface area contributed by atoms with Crippen molar-refractivity contribution in [3.05, 3.63) is 87.9 Å². The molecular weight excluding hydrogens is 437 g/mol. The number of rotatable bonds is 5. The Kier molecular flexibility index (Phi) is 5.90. The lowest BCUT2D eigenvalue weighted by Crippen LogP contribution is -2.44. The van der Waals surface area contributed by atoms with Crippen molar-refractivity contribution in [2.24, 2.45) is 0 Å². The van der Waals surface area contributed by atoms with Crippen LogP contribution in [0, 0.1) is 0 Å². The quantitative estimate of drug-likeness (QED) is 0.495. The summed E-state index contributed by atoms with van der Waals surface area (Å²) in [7, 11) is 0. The van der Waals surface area contributed by atoms with Crippen LogP contribution in [0.3, 0.4) is 0 Å². The van der Waals surface area contributed by atoms with Crippen LogP contribution < -0.4 is 4.90 Å². The first-order valence-electron chi connectivity index (χ1n) is 9.70. The topological polar surface area (TPSA) is 66.8 Å². The number of ether oxygens (including phenoxy) is 1. The van der Waals surface area contributed by atoms with Gasteiger partial charge >= 0.3 is 12.1 Å². The van der Waals surface area contributed by atoms with Gasteiger partial charge in [0, 0.05) is 11.6 Å². The van der Waals surface area contributed by atoms with Crippen LogP contribution in [-0.4, -0.2) is 29.8 Å². The lowest BCUT2D eigenvalue weighted by Gasteiger charge is -2.27. The number of carboxylic acids is 1. The molecule has 0 aliphatic heterocycles. The molecule has 31 heavy (non-hydrogen) atoms. The van der Waals surface area contributed by atoms with E-state index in [1.54, 1.807) is 0 Å². The van der Waals surface area contributed by atoms with Crippen molar-refractivity contribution in [2.75, 3.05) is 11.5 Å². The first kappa shape index (κ1) is 21.2. The van der Waals surface area contributed by atoms with Gasteiger partial charge in [-0.05, 0) is 47.4 Å². The molecule has 4 rings (SSSR count). The fourth-order valence-electron chi connectivity index (χ4n) is 3.90. The zero-order valence-corrected chi connectivity index (χ0v) is 18.1.